The van der Waals surface area contributed by atoms with Crippen LogP contribution in [0.25, 0.3) is 11.2 Å². The van der Waals surface area contributed by atoms with Crippen LogP contribution >= 0.6 is 0 Å². The SMILES string of the molecule is NCc1ccnc2nc(C3CCCC3)[nH]c12. The second kappa shape index (κ2) is 3.87. The minimum atomic E-state index is 0.533. The van der Waals surface area contributed by atoms with Gasteiger partial charge in [-0.3, -0.25) is 0 Å². The predicted octanol–water partition coefficient (Wildman–Crippen LogP) is 2.07. The van der Waals surface area contributed by atoms with Gasteiger partial charge < -0.3 is 10.7 Å². The Morgan fingerprint density at radius 3 is 2.94 bits per heavy atom. The molecule has 84 valence electrons. The molecule has 4 nitrogen and oxygen atoms in total. The predicted molar refractivity (Wildman–Crippen MR) is 63.0 cm³/mol. The number of hydrogen-bond acceptors (Lipinski definition) is 3. The first-order valence-corrected chi connectivity index (χ1v) is 5.92. The molecule has 0 unspecified atom stereocenters. The lowest BCUT2D eigenvalue weighted by Gasteiger charge is -2.02. The Balaban J connectivity index is 2.07. The highest BCUT2D eigenvalue weighted by Gasteiger charge is 2.20. The first kappa shape index (κ1) is 9.78. The van der Waals surface area contributed by atoms with E-state index in [0.717, 1.165) is 22.6 Å². The van der Waals surface area contributed by atoms with Crippen LogP contribution in [0.1, 0.15) is 43.0 Å². The molecule has 0 aromatic carbocycles. The average molecular weight is 216 g/mol. The first-order valence-electron chi connectivity index (χ1n) is 5.92. The third kappa shape index (κ3) is 1.50. The molecular formula is C12H16N4. The van der Waals surface area contributed by atoms with E-state index in [9.17, 15) is 0 Å². The van der Waals surface area contributed by atoms with Crippen molar-refractivity contribution in [2.24, 2.45) is 5.73 Å². The van der Waals surface area contributed by atoms with E-state index in [0.29, 0.717) is 12.5 Å². The molecule has 2 aromatic heterocycles. The molecule has 2 aromatic rings. The highest BCUT2D eigenvalue weighted by molar-refractivity contribution is 5.74. The zero-order chi connectivity index (χ0) is 11.0. The van der Waals surface area contributed by atoms with Crippen molar-refractivity contribution < 1.29 is 0 Å². The standard InChI is InChI=1S/C12H16N4/c13-7-9-5-6-14-12-10(9)15-11(16-12)8-3-1-2-4-8/h5-6,8H,1-4,7,13H2,(H,14,15,16). The number of aromatic nitrogens is 3. The van der Waals surface area contributed by atoms with Crippen molar-refractivity contribution in [1.82, 2.24) is 15.0 Å². The van der Waals surface area contributed by atoms with Crippen molar-refractivity contribution >= 4 is 11.2 Å². The van der Waals surface area contributed by atoms with Crippen LogP contribution in [0.4, 0.5) is 0 Å². The fourth-order valence-electron chi connectivity index (χ4n) is 2.54. The Hall–Kier alpha value is -1.42. The summed E-state index contributed by atoms with van der Waals surface area (Å²) in [6.07, 6.45) is 6.91. The number of H-pyrrole nitrogens is 1. The van der Waals surface area contributed by atoms with Gasteiger partial charge in [-0.25, -0.2) is 9.97 Å². The van der Waals surface area contributed by atoms with E-state index in [2.05, 4.69) is 15.0 Å². The molecule has 1 aliphatic carbocycles. The maximum Gasteiger partial charge on any atom is 0.178 e. The summed E-state index contributed by atoms with van der Waals surface area (Å²) < 4.78 is 0. The van der Waals surface area contributed by atoms with E-state index < -0.39 is 0 Å². The fraction of sp³-hybridized carbons (Fsp3) is 0.500. The highest BCUT2D eigenvalue weighted by Crippen LogP contribution is 2.33. The summed E-state index contributed by atoms with van der Waals surface area (Å²) in [7, 11) is 0. The van der Waals surface area contributed by atoms with E-state index in [1.165, 1.54) is 25.7 Å². The average Bonchev–Trinajstić information content (AvgIpc) is 2.96. The molecule has 0 aliphatic heterocycles. The number of imidazole rings is 1. The quantitative estimate of drug-likeness (QED) is 0.807. The summed E-state index contributed by atoms with van der Waals surface area (Å²) in [5, 5.41) is 0. The summed E-state index contributed by atoms with van der Waals surface area (Å²) in [6, 6.07) is 1.96. The van der Waals surface area contributed by atoms with Crippen LogP contribution in [-0.2, 0) is 6.54 Å². The van der Waals surface area contributed by atoms with Gasteiger partial charge in [0.05, 0.1) is 5.52 Å². The number of pyridine rings is 1. The molecule has 16 heavy (non-hydrogen) atoms. The normalized spacial score (nSPS) is 17.3. The zero-order valence-corrected chi connectivity index (χ0v) is 9.24. The molecular weight excluding hydrogens is 200 g/mol. The molecule has 0 amide bonds. The van der Waals surface area contributed by atoms with E-state index >= 15 is 0 Å². The number of fused-ring (bicyclic) bond motifs is 1. The topological polar surface area (TPSA) is 67.6 Å². The van der Waals surface area contributed by atoms with Crippen LogP contribution in [0.2, 0.25) is 0 Å². The Labute approximate surface area is 94.3 Å². The molecule has 0 spiro atoms. The monoisotopic (exact) mass is 216 g/mol. The van der Waals surface area contributed by atoms with Crippen molar-refractivity contribution in [3.8, 4) is 0 Å². The molecule has 0 bridgehead atoms. The second-order valence-electron chi connectivity index (χ2n) is 4.48. The molecule has 0 atom stereocenters. The lowest BCUT2D eigenvalue weighted by Crippen LogP contribution is -1.98. The Kier molecular flexibility index (Phi) is 2.36. The van der Waals surface area contributed by atoms with Crippen molar-refractivity contribution in [3.05, 3.63) is 23.7 Å². The van der Waals surface area contributed by atoms with Crippen molar-refractivity contribution in [1.29, 1.82) is 0 Å². The summed E-state index contributed by atoms with van der Waals surface area (Å²) in [5.41, 5.74) is 8.63. The summed E-state index contributed by atoms with van der Waals surface area (Å²) in [4.78, 5) is 12.3. The van der Waals surface area contributed by atoms with E-state index in [1.807, 2.05) is 6.07 Å². The van der Waals surface area contributed by atoms with Crippen LogP contribution in [0.3, 0.4) is 0 Å². The smallest absolute Gasteiger partial charge is 0.178 e. The number of nitrogens with zero attached hydrogens (tertiary/aromatic N) is 2. The van der Waals surface area contributed by atoms with Crippen LogP contribution in [0, 0.1) is 0 Å². The lowest BCUT2D eigenvalue weighted by molar-refractivity contribution is 0.681. The Bertz CT molecular complexity index is 497. The fourth-order valence-corrected chi connectivity index (χ4v) is 2.54. The summed E-state index contributed by atoms with van der Waals surface area (Å²) in [5.74, 6) is 1.70. The second-order valence-corrected chi connectivity index (χ2v) is 4.48. The van der Waals surface area contributed by atoms with Gasteiger partial charge in [-0.15, -0.1) is 0 Å². The third-order valence-electron chi connectivity index (χ3n) is 3.46. The van der Waals surface area contributed by atoms with Crippen molar-refractivity contribution in [2.45, 2.75) is 38.1 Å². The van der Waals surface area contributed by atoms with Gasteiger partial charge in [0.1, 0.15) is 5.82 Å². The largest absolute Gasteiger partial charge is 0.340 e. The van der Waals surface area contributed by atoms with Gasteiger partial charge in [0, 0.05) is 18.7 Å². The van der Waals surface area contributed by atoms with Crippen molar-refractivity contribution in [3.63, 3.8) is 0 Å². The molecule has 3 rings (SSSR count). The van der Waals surface area contributed by atoms with Gasteiger partial charge in [0.25, 0.3) is 0 Å². The number of nitrogens with two attached hydrogens (primary N) is 1. The van der Waals surface area contributed by atoms with E-state index in [4.69, 9.17) is 5.73 Å². The minimum absolute atomic E-state index is 0.533. The van der Waals surface area contributed by atoms with Crippen LogP contribution in [0.5, 0.6) is 0 Å². The third-order valence-corrected chi connectivity index (χ3v) is 3.46. The van der Waals surface area contributed by atoms with Gasteiger partial charge in [0.15, 0.2) is 5.65 Å². The van der Waals surface area contributed by atoms with Crippen LogP contribution < -0.4 is 5.73 Å². The number of nitrogens with one attached hydrogen (secondary N) is 1. The van der Waals surface area contributed by atoms with Gasteiger partial charge in [-0.05, 0) is 24.5 Å². The Morgan fingerprint density at radius 2 is 2.19 bits per heavy atom. The first-order chi connectivity index (χ1) is 7.88. The molecule has 1 aliphatic rings. The number of hydrogen-bond donors (Lipinski definition) is 2. The number of aromatic amines is 1. The Morgan fingerprint density at radius 1 is 1.38 bits per heavy atom. The maximum absolute atomic E-state index is 5.70. The maximum atomic E-state index is 5.70. The highest BCUT2D eigenvalue weighted by atomic mass is 15.0. The van der Waals surface area contributed by atoms with Gasteiger partial charge in [-0.1, -0.05) is 12.8 Å². The van der Waals surface area contributed by atoms with Gasteiger partial charge >= 0.3 is 0 Å². The summed E-state index contributed by atoms with van der Waals surface area (Å²) >= 11 is 0. The van der Waals surface area contributed by atoms with Crippen molar-refractivity contribution in [2.75, 3.05) is 0 Å². The minimum Gasteiger partial charge on any atom is -0.340 e. The molecule has 2 heterocycles. The van der Waals surface area contributed by atoms with Gasteiger partial charge in [0.2, 0.25) is 0 Å². The van der Waals surface area contributed by atoms with Gasteiger partial charge in [-0.2, -0.15) is 0 Å². The van der Waals surface area contributed by atoms with Crippen LogP contribution in [0.15, 0.2) is 12.3 Å². The summed E-state index contributed by atoms with van der Waals surface area (Å²) in [6.45, 7) is 0.533. The lowest BCUT2D eigenvalue weighted by atomic mass is 10.1. The molecule has 0 radical (unpaired) electrons. The van der Waals surface area contributed by atoms with Crippen LogP contribution in [-0.4, -0.2) is 15.0 Å². The molecule has 0 saturated heterocycles. The molecule has 4 heteroatoms. The van der Waals surface area contributed by atoms with E-state index in [1.54, 1.807) is 6.20 Å². The zero-order valence-electron chi connectivity index (χ0n) is 9.24. The molecule has 1 saturated carbocycles. The molecule has 1 fully saturated rings. The molecule has 3 N–H and O–H groups in total. The number of rotatable bonds is 2. The van der Waals surface area contributed by atoms with E-state index in [-0.39, 0.29) is 0 Å².